The highest BCUT2D eigenvalue weighted by Crippen LogP contribution is 2.30. The molecule has 1 saturated heterocycles. The topological polar surface area (TPSA) is 154 Å². The summed E-state index contributed by atoms with van der Waals surface area (Å²) >= 11 is 2.17. The lowest BCUT2D eigenvalue weighted by atomic mass is 9.98. The number of hydrogen-bond donors (Lipinski definition) is 0. The van der Waals surface area contributed by atoms with E-state index in [9.17, 15) is 19.2 Å². The number of hydrogen-bond acceptors (Lipinski definition) is 12. The second-order valence-corrected chi connectivity index (χ2v) is 10.5. The first-order valence-corrected chi connectivity index (χ1v) is 13.3. The molecule has 0 N–H and O–H groups in total. The van der Waals surface area contributed by atoms with Crippen molar-refractivity contribution in [2.45, 2.75) is 68.9 Å². The Labute approximate surface area is 238 Å². The van der Waals surface area contributed by atoms with Crippen molar-refractivity contribution < 1.29 is 47.6 Å². The molecule has 0 amide bonds. The van der Waals surface area contributed by atoms with Gasteiger partial charge in [-0.05, 0) is 0 Å². The van der Waals surface area contributed by atoms with Gasteiger partial charge in [-0.1, -0.05) is 58.1 Å². The van der Waals surface area contributed by atoms with E-state index in [0.29, 0.717) is 6.54 Å². The molecule has 212 valence electrons. The standard InChI is InChI=1S/C25H30IN3O10/c1-14(30)34-13-21-22(36-15(2)31)23(37-16(3)32)24(38-17(4)33)25(39-21)35-12-19(26)10-29-11-20(27-28-29)18-8-6-5-7-9-18/h5-9,11,19,21-25H,10,12-13H2,1-4H3/t19?,21?,22-,23?,24?,25+/m0/s1. The van der Waals surface area contributed by atoms with E-state index >= 15 is 0 Å². The second-order valence-electron chi connectivity index (χ2n) is 8.69. The Kier molecular flexibility index (Phi) is 11.2. The Balaban J connectivity index is 1.76. The predicted molar refractivity (Wildman–Crippen MR) is 141 cm³/mol. The maximum absolute atomic E-state index is 11.9. The van der Waals surface area contributed by atoms with Crippen LogP contribution in [-0.2, 0) is 54.1 Å². The smallest absolute Gasteiger partial charge is 0.303 e. The average molecular weight is 659 g/mol. The Morgan fingerprint density at radius 3 is 2.15 bits per heavy atom. The first-order chi connectivity index (χ1) is 18.5. The summed E-state index contributed by atoms with van der Waals surface area (Å²) in [5.41, 5.74) is 1.65. The number of benzene rings is 1. The maximum Gasteiger partial charge on any atom is 0.303 e. The van der Waals surface area contributed by atoms with Crippen molar-refractivity contribution in [2.24, 2.45) is 0 Å². The van der Waals surface area contributed by atoms with Crippen LogP contribution in [0.25, 0.3) is 11.3 Å². The van der Waals surface area contributed by atoms with E-state index < -0.39 is 54.6 Å². The molecule has 6 atom stereocenters. The molecule has 0 radical (unpaired) electrons. The van der Waals surface area contributed by atoms with Crippen LogP contribution in [0, 0.1) is 0 Å². The normalized spacial score (nSPS) is 23.4. The zero-order valence-electron chi connectivity index (χ0n) is 21.9. The SMILES string of the molecule is CC(=O)OCC1O[C@@H](OCC(I)Cn2cc(-c3ccccc3)nn2)C(OC(C)=O)C(OC(C)=O)[C@H]1OC(C)=O. The highest BCUT2D eigenvalue weighted by atomic mass is 127. The molecule has 1 aliphatic heterocycles. The van der Waals surface area contributed by atoms with Crippen LogP contribution in [-0.4, -0.2) is 86.7 Å². The van der Waals surface area contributed by atoms with Crippen molar-refractivity contribution in [3.8, 4) is 11.3 Å². The molecule has 3 rings (SSSR count). The van der Waals surface area contributed by atoms with E-state index in [1.54, 1.807) is 4.68 Å². The molecule has 2 heterocycles. The van der Waals surface area contributed by atoms with Gasteiger partial charge in [-0.3, -0.25) is 23.9 Å². The Bertz CT molecular complexity index is 1140. The lowest BCUT2D eigenvalue weighted by Gasteiger charge is -2.44. The number of rotatable bonds is 11. The third-order valence-corrected chi connectivity index (χ3v) is 6.14. The van der Waals surface area contributed by atoms with Crippen LogP contribution in [0.5, 0.6) is 0 Å². The van der Waals surface area contributed by atoms with Crippen LogP contribution < -0.4 is 0 Å². The molecule has 0 aliphatic carbocycles. The molecule has 13 nitrogen and oxygen atoms in total. The molecule has 0 spiro atoms. The van der Waals surface area contributed by atoms with E-state index in [1.165, 1.54) is 13.8 Å². The molecule has 1 aromatic heterocycles. The molecule has 14 heteroatoms. The number of alkyl halides is 1. The van der Waals surface area contributed by atoms with E-state index in [0.717, 1.165) is 25.1 Å². The largest absolute Gasteiger partial charge is 0.463 e. The quantitative estimate of drug-likeness (QED) is 0.150. The maximum atomic E-state index is 11.9. The van der Waals surface area contributed by atoms with Crippen molar-refractivity contribution in [1.82, 2.24) is 15.0 Å². The van der Waals surface area contributed by atoms with Gasteiger partial charge in [-0.15, -0.1) is 5.10 Å². The van der Waals surface area contributed by atoms with Gasteiger partial charge in [0.1, 0.15) is 18.4 Å². The number of carbonyl (C=O) groups excluding carboxylic acids is 4. The minimum Gasteiger partial charge on any atom is -0.463 e. The molecular formula is C25H30IN3O10. The number of ether oxygens (including phenoxy) is 6. The van der Waals surface area contributed by atoms with Gasteiger partial charge in [-0.25, -0.2) is 0 Å². The molecule has 2 aromatic rings. The summed E-state index contributed by atoms with van der Waals surface area (Å²) in [4.78, 5) is 47.2. The number of nitrogens with zero attached hydrogens (tertiary/aromatic N) is 3. The fraction of sp³-hybridized carbons (Fsp3) is 0.520. The fourth-order valence-electron chi connectivity index (χ4n) is 3.91. The van der Waals surface area contributed by atoms with Gasteiger partial charge < -0.3 is 28.4 Å². The summed E-state index contributed by atoms with van der Waals surface area (Å²) in [7, 11) is 0. The first-order valence-electron chi connectivity index (χ1n) is 12.0. The lowest BCUT2D eigenvalue weighted by molar-refractivity contribution is -0.307. The number of aromatic nitrogens is 3. The number of carbonyl (C=O) groups is 4. The Hall–Kier alpha value is -3.11. The number of esters is 4. The summed E-state index contributed by atoms with van der Waals surface area (Å²) in [6, 6.07) is 9.61. The number of halogens is 1. The van der Waals surface area contributed by atoms with Crippen LogP contribution in [0.1, 0.15) is 27.7 Å². The van der Waals surface area contributed by atoms with Gasteiger partial charge in [0.15, 0.2) is 24.6 Å². The van der Waals surface area contributed by atoms with Crippen LogP contribution in [0.4, 0.5) is 0 Å². The average Bonchev–Trinajstić information content (AvgIpc) is 3.32. The van der Waals surface area contributed by atoms with E-state index in [1.807, 2.05) is 36.5 Å². The van der Waals surface area contributed by atoms with Gasteiger partial charge >= 0.3 is 23.9 Å². The fourth-order valence-corrected chi connectivity index (χ4v) is 4.52. The molecule has 0 saturated carbocycles. The second kappa shape index (κ2) is 14.3. The first kappa shape index (κ1) is 30.4. The Morgan fingerprint density at radius 2 is 1.54 bits per heavy atom. The summed E-state index contributed by atoms with van der Waals surface area (Å²) in [5.74, 6) is -2.71. The van der Waals surface area contributed by atoms with Crippen LogP contribution in [0.2, 0.25) is 0 Å². The predicted octanol–water partition coefficient (Wildman–Crippen LogP) is 1.85. The van der Waals surface area contributed by atoms with E-state index in [4.69, 9.17) is 28.4 Å². The third-order valence-electron chi connectivity index (χ3n) is 5.38. The van der Waals surface area contributed by atoms with Crippen LogP contribution >= 0.6 is 22.6 Å². The van der Waals surface area contributed by atoms with Gasteiger partial charge in [0, 0.05) is 33.3 Å². The highest BCUT2D eigenvalue weighted by Gasteiger charge is 2.52. The van der Waals surface area contributed by atoms with E-state index in [2.05, 4.69) is 32.9 Å². The summed E-state index contributed by atoms with van der Waals surface area (Å²) < 4.78 is 34.7. The summed E-state index contributed by atoms with van der Waals surface area (Å²) in [6.45, 7) is 4.91. The van der Waals surface area contributed by atoms with Gasteiger partial charge in [-0.2, -0.15) is 0 Å². The lowest BCUT2D eigenvalue weighted by Crippen LogP contribution is -2.63. The Morgan fingerprint density at radius 1 is 0.923 bits per heavy atom. The van der Waals surface area contributed by atoms with Crippen molar-refractivity contribution >= 4 is 46.5 Å². The molecule has 1 fully saturated rings. The van der Waals surface area contributed by atoms with Crippen molar-refractivity contribution in [3.63, 3.8) is 0 Å². The molecule has 39 heavy (non-hydrogen) atoms. The highest BCUT2D eigenvalue weighted by molar-refractivity contribution is 14.1. The van der Waals surface area contributed by atoms with Gasteiger partial charge in [0.2, 0.25) is 0 Å². The molecule has 1 aliphatic rings. The van der Waals surface area contributed by atoms with Crippen molar-refractivity contribution in [1.29, 1.82) is 0 Å². The van der Waals surface area contributed by atoms with Gasteiger partial charge in [0.25, 0.3) is 0 Å². The molecular weight excluding hydrogens is 629 g/mol. The zero-order chi connectivity index (χ0) is 28.5. The molecule has 0 bridgehead atoms. The summed E-state index contributed by atoms with van der Waals surface area (Å²) in [5, 5.41) is 8.37. The minimum atomic E-state index is -1.29. The van der Waals surface area contributed by atoms with Crippen LogP contribution in [0.3, 0.4) is 0 Å². The van der Waals surface area contributed by atoms with Crippen LogP contribution in [0.15, 0.2) is 36.5 Å². The molecule has 1 aromatic carbocycles. The monoisotopic (exact) mass is 659 g/mol. The van der Waals surface area contributed by atoms with Crippen molar-refractivity contribution in [2.75, 3.05) is 13.2 Å². The minimum absolute atomic E-state index is 0.106. The van der Waals surface area contributed by atoms with Crippen molar-refractivity contribution in [3.05, 3.63) is 36.5 Å². The molecule has 4 unspecified atom stereocenters. The van der Waals surface area contributed by atoms with E-state index in [-0.39, 0.29) is 17.1 Å². The third kappa shape index (κ3) is 9.25. The zero-order valence-corrected chi connectivity index (χ0v) is 24.0. The summed E-state index contributed by atoms with van der Waals surface area (Å²) in [6.07, 6.45) is -4.30. The van der Waals surface area contributed by atoms with Gasteiger partial charge in [0.05, 0.1) is 23.3 Å².